The van der Waals surface area contributed by atoms with Crippen LogP contribution in [-0.2, 0) is 0 Å². The Morgan fingerprint density at radius 3 is 2.71 bits per heavy atom. The Morgan fingerprint density at radius 2 is 2.21 bits per heavy atom. The molecule has 0 bridgehead atoms. The highest BCUT2D eigenvalue weighted by Gasteiger charge is 2.25. The minimum Gasteiger partial charge on any atom is -0.495 e. The minimum absolute atomic E-state index is 0.109. The highest BCUT2D eigenvalue weighted by atomic mass is 16.3. The summed E-state index contributed by atoms with van der Waals surface area (Å²) in [5.74, 6) is 0.360. The molecule has 14 heavy (non-hydrogen) atoms. The number of hydrogen-bond acceptors (Lipinski definition) is 3. The normalized spacial score (nSPS) is 18.9. The maximum atomic E-state index is 11.1. The lowest BCUT2D eigenvalue weighted by atomic mass is 9.78. The summed E-state index contributed by atoms with van der Waals surface area (Å²) in [6.07, 6.45) is 3.46. The molecule has 1 unspecified atom stereocenters. The van der Waals surface area contributed by atoms with Gasteiger partial charge in [-0.05, 0) is 24.3 Å². The summed E-state index contributed by atoms with van der Waals surface area (Å²) in [4.78, 5) is 13.4. The molecule has 2 rings (SSSR count). The van der Waals surface area contributed by atoms with E-state index in [0.29, 0.717) is 5.92 Å². The van der Waals surface area contributed by atoms with Gasteiger partial charge in [-0.15, -0.1) is 0 Å². The van der Waals surface area contributed by atoms with Gasteiger partial charge in [0.1, 0.15) is 0 Å². The van der Waals surface area contributed by atoms with Crippen LogP contribution in [0.2, 0.25) is 0 Å². The van der Waals surface area contributed by atoms with E-state index in [4.69, 9.17) is 5.73 Å². The van der Waals surface area contributed by atoms with Gasteiger partial charge in [0.05, 0.1) is 0 Å². The summed E-state index contributed by atoms with van der Waals surface area (Å²) in [6.45, 7) is 0. The van der Waals surface area contributed by atoms with Crippen molar-refractivity contribution in [2.45, 2.75) is 25.3 Å². The van der Waals surface area contributed by atoms with Crippen molar-refractivity contribution in [2.75, 3.05) is 0 Å². The molecule has 1 saturated carbocycles. The van der Waals surface area contributed by atoms with Gasteiger partial charge in [0, 0.05) is 18.2 Å². The molecule has 0 amide bonds. The first-order valence-electron chi connectivity index (χ1n) is 4.85. The lowest BCUT2D eigenvalue weighted by Crippen LogP contribution is -2.27. The number of nitrogens with two attached hydrogens (primary N) is 1. The van der Waals surface area contributed by atoms with E-state index in [1.54, 1.807) is 0 Å². The highest BCUT2D eigenvalue weighted by Crippen LogP contribution is 2.36. The molecule has 1 aliphatic rings. The molecule has 0 radical (unpaired) electrons. The Hall–Kier alpha value is -1.29. The molecule has 0 aliphatic heterocycles. The van der Waals surface area contributed by atoms with Crippen molar-refractivity contribution < 1.29 is 5.11 Å². The molecule has 1 heterocycles. The van der Waals surface area contributed by atoms with Crippen LogP contribution >= 0.6 is 0 Å². The van der Waals surface area contributed by atoms with Gasteiger partial charge < -0.3 is 10.8 Å². The summed E-state index contributed by atoms with van der Waals surface area (Å²) in [5.41, 5.74) is 6.41. The molecule has 1 atom stereocenters. The van der Waals surface area contributed by atoms with Gasteiger partial charge in [0.25, 0.3) is 5.56 Å². The van der Waals surface area contributed by atoms with E-state index >= 15 is 0 Å². The monoisotopic (exact) mass is 194 g/mol. The Balaban J connectivity index is 2.26. The van der Waals surface area contributed by atoms with Crippen LogP contribution in [0.4, 0.5) is 0 Å². The zero-order valence-electron chi connectivity index (χ0n) is 7.86. The van der Waals surface area contributed by atoms with Crippen LogP contribution in [0.25, 0.3) is 0 Å². The van der Waals surface area contributed by atoms with Crippen molar-refractivity contribution in [3.63, 3.8) is 0 Å². The molecule has 1 fully saturated rings. The summed E-state index contributed by atoms with van der Waals surface area (Å²) >= 11 is 0. The maximum absolute atomic E-state index is 11.1. The molecule has 0 spiro atoms. The van der Waals surface area contributed by atoms with Gasteiger partial charge >= 0.3 is 0 Å². The van der Waals surface area contributed by atoms with Crippen LogP contribution in [0.5, 0.6) is 5.88 Å². The fraction of sp³-hybridized carbons (Fsp3) is 0.500. The van der Waals surface area contributed by atoms with Crippen LogP contribution < -0.4 is 11.3 Å². The summed E-state index contributed by atoms with van der Waals surface area (Å²) in [7, 11) is 0. The first-order chi connectivity index (χ1) is 6.66. The third-order valence-corrected chi connectivity index (χ3v) is 2.90. The van der Waals surface area contributed by atoms with E-state index in [1.807, 2.05) is 0 Å². The van der Waals surface area contributed by atoms with Gasteiger partial charge in [-0.3, -0.25) is 9.78 Å². The fourth-order valence-corrected chi connectivity index (χ4v) is 1.81. The number of nitrogens with one attached hydrogen (secondary N) is 1. The van der Waals surface area contributed by atoms with Crippen LogP contribution in [0, 0.1) is 5.92 Å². The molecule has 1 aromatic rings. The van der Waals surface area contributed by atoms with Gasteiger partial charge in [0.2, 0.25) is 0 Å². The first-order valence-corrected chi connectivity index (χ1v) is 4.85. The third-order valence-electron chi connectivity index (χ3n) is 2.90. The van der Waals surface area contributed by atoms with Crippen molar-refractivity contribution in [1.29, 1.82) is 0 Å². The van der Waals surface area contributed by atoms with Crippen LogP contribution in [-0.4, -0.2) is 10.1 Å². The number of hydrogen-bond donors (Lipinski definition) is 3. The Labute approximate surface area is 81.8 Å². The quantitative estimate of drug-likeness (QED) is 0.653. The average molecular weight is 194 g/mol. The molecular formula is C10H14N2O2. The second kappa shape index (κ2) is 3.46. The maximum Gasteiger partial charge on any atom is 0.250 e. The summed E-state index contributed by atoms with van der Waals surface area (Å²) < 4.78 is 0. The average Bonchev–Trinajstić information content (AvgIpc) is 1.98. The van der Waals surface area contributed by atoms with Crippen molar-refractivity contribution in [3.05, 3.63) is 28.0 Å². The van der Waals surface area contributed by atoms with Crippen molar-refractivity contribution >= 4 is 0 Å². The number of aromatic nitrogens is 1. The van der Waals surface area contributed by atoms with E-state index in [9.17, 15) is 9.90 Å². The zero-order chi connectivity index (χ0) is 10.1. The van der Waals surface area contributed by atoms with Gasteiger partial charge in [0.15, 0.2) is 5.88 Å². The third kappa shape index (κ3) is 1.65. The molecule has 1 aliphatic carbocycles. The SMILES string of the molecule is NC(c1cc(O)[nH]c(=O)c1)C1CCC1. The molecule has 4 nitrogen and oxygen atoms in total. The molecule has 4 N–H and O–H groups in total. The second-order valence-electron chi connectivity index (χ2n) is 3.88. The predicted molar refractivity (Wildman–Crippen MR) is 53.0 cm³/mol. The number of pyridine rings is 1. The Morgan fingerprint density at radius 1 is 1.50 bits per heavy atom. The fourth-order valence-electron chi connectivity index (χ4n) is 1.81. The van der Waals surface area contributed by atoms with Crippen LogP contribution in [0.15, 0.2) is 16.9 Å². The predicted octanol–water partition coefficient (Wildman–Crippen LogP) is 0.880. The molecule has 4 heteroatoms. The second-order valence-corrected chi connectivity index (χ2v) is 3.88. The van der Waals surface area contributed by atoms with Crippen molar-refractivity contribution in [3.8, 4) is 5.88 Å². The smallest absolute Gasteiger partial charge is 0.250 e. The number of H-pyrrole nitrogens is 1. The molecule has 1 aromatic heterocycles. The van der Waals surface area contributed by atoms with Gasteiger partial charge in [-0.25, -0.2) is 0 Å². The van der Waals surface area contributed by atoms with Crippen molar-refractivity contribution in [2.24, 2.45) is 11.7 Å². The summed E-state index contributed by atoms with van der Waals surface area (Å²) in [6, 6.07) is 2.88. The van der Waals surface area contributed by atoms with E-state index < -0.39 is 0 Å². The van der Waals surface area contributed by atoms with Crippen LogP contribution in [0.3, 0.4) is 0 Å². The topological polar surface area (TPSA) is 79.1 Å². The Kier molecular flexibility index (Phi) is 2.29. The number of aromatic amines is 1. The number of aromatic hydroxyl groups is 1. The van der Waals surface area contributed by atoms with E-state index in [2.05, 4.69) is 4.98 Å². The first kappa shape index (κ1) is 9.27. The van der Waals surface area contributed by atoms with E-state index in [1.165, 1.54) is 18.6 Å². The lowest BCUT2D eigenvalue weighted by Gasteiger charge is -2.31. The highest BCUT2D eigenvalue weighted by molar-refractivity contribution is 5.23. The minimum atomic E-state index is -0.297. The molecule has 76 valence electrons. The van der Waals surface area contributed by atoms with E-state index in [-0.39, 0.29) is 17.5 Å². The standard InChI is InChI=1S/C10H14N2O2/c11-10(6-2-1-3-6)7-4-8(13)12-9(14)5-7/h4-6,10H,1-3,11H2,(H2,12,13,14). The Bertz CT molecular complexity index is 382. The molecular weight excluding hydrogens is 180 g/mol. The van der Waals surface area contributed by atoms with Gasteiger partial charge in [-0.1, -0.05) is 6.42 Å². The lowest BCUT2D eigenvalue weighted by molar-refractivity contribution is 0.263. The largest absolute Gasteiger partial charge is 0.495 e. The van der Waals surface area contributed by atoms with E-state index in [0.717, 1.165) is 18.4 Å². The molecule has 0 saturated heterocycles. The molecule has 0 aromatic carbocycles. The number of rotatable bonds is 2. The van der Waals surface area contributed by atoms with Crippen LogP contribution in [0.1, 0.15) is 30.9 Å². The summed E-state index contributed by atoms with van der Waals surface area (Å²) in [5, 5.41) is 9.20. The van der Waals surface area contributed by atoms with Crippen molar-refractivity contribution in [1.82, 2.24) is 4.98 Å². The zero-order valence-corrected chi connectivity index (χ0v) is 7.86. The van der Waals surface area contributed by atoms with Gasteiger partial charge in [-0.2, -0.15) is 0 Å².